The SMILES string of the molecule is NC(=O)NCCNCc1ccc(CO)o1. The molecule has 0 saturated heterocycles. The molecule has 84 valence electrons. The summed E-state index contributed by atoms with van der Waals surface area (Å²) in [4.78, 5) is 10.3. The summed E-state index contributed by atoms with van der Waals surface area (Å²) in [5, 5.41) is 14.2. The molecule has 1 aromatic rings. The zero-order chi connectivity index (χ0) is 11.1. The van der Waals surface area contributed by atoms with Gasteiger partial charge >= 0.3 is 6.03 Å². The number of carbonyl (C=O) groups is 1. The Kier molecular flexibility index (Phi) is 4.65. The van der Waals surface area contributed by atoms with E-state index in [-0.39, 0.29) is 6.61 Å². The van der Waals surface area contributed by atoms with Crippen molar-refractivity contribution in [3.05, 3.63) is 23.7 Å². The lowest BCUT2D eigenvalue weighted by atomic mass is 10.4. The fourth-order valence-corrected chi connectivity index (χ4v) is 1.09. The zero-order valence-corrected chi connectivity index (χ0v) is 8.32. The van der Waals surface area contributed by atoms with Gasteiger partial charge in [-0.05, 0) is 12.1 Å². The van der Waals surface area contributed by atoms with Crippen LogP contribution >= 0.6 is 0 Å². The number of furan rings is 1. The summed E-state index contributed by atoms with van der Waals surface area (Å²) in [7, 11) is 0. The molecule has 1 rings (SSSR count). The third kappa shape index (κ3) is 4.48. The molecule has 0 fully saturated rings. The highest BCUT2D eigenvalue weighted by Crippen LogP contribution is 2.06. The molecule has 0 aliphatic carbocycles. The van der Waals surface area contributed by atoms with Crippen molar-refractivity contribution in [2.75, 3.05) is 13.1 Å². The summed E-state index contributed by atoms with van der Waals surface area (Å²) in [6, 6.07) is 2.98. The van der Waals surface area contributed by atoms with Crippen LogP contribution < -0.4 is 16.4 Å². The number of carbonyl (C=O) groups excluding carboxylic acids is 1. The molecule has 1 aromatic heterocycles. The van der Waals surface area contributed by atoms with Crippen molar-refractivity contribution in [1.82, 2.24) is 10.6 Å². The molecule has 2 amide bonds. The predicted octanol–water partition coefficient (Wildman–Crippen LogP) is -0.470. The van der Waals surface area contributed by atoms with Crippen LogP contribution in [0.4, 0.5) is 4.79 Å². The summed E-state index contributed by atoms with van der Waals surface area (Å²) >= 11 is 0. The molecular formula is C9H15N3O3. The molecule has 0 bridgehead atoms. The van der Waals surface area contributed by atoms with Crippen molar-refractivity contribution in [3.63, 3.8) is 0 Å². The first kappa shape index (κ1) is 11.5. The first-order valence-electron chi connectivity index (χ1n) is 4.65. The van der Waals surface area contributed by atoms with Crippen LogP contribution in [0.1, 0.15) is 11.5 Å². The zero-order valence-electron chi connectivity index (χ0n) is 8.32. The molecule has 0 spiro atoms. The Morgan fingerprint density at radius 3 is 2.73 bits per heavy atom. The Balaban J connectivity index is 2.12. The molecule has 0 saturated carbocycles. The summed E-state index contributed by atoms with van der Waals surface area (Å²) in [6.45, 7) is 1.55. The number of primary amides is 1. The van der Waals surface area contributed by atoms with E-state index in [9.17, 15) is 4.79 Å². The minimum absolute atomic E-state index is 0.0940. The highest BCUT2D eigenvalue weighted by Gasteiger charge is 1.99. The molecule has 0 aliphatic rings. The van der Waals surface area contributed by atoms with Crippen LogP contribution in [0.15, 0.2) is 16.5 Å². The van der Waals surface area contributed by atoms with Gasteiger partial charge in [-0.1, -0.05) is 0 Å². The van der Waals surface area contributed by atoms with E-state index in [0.717, 1.165) is 5.76 Å². The number of rotatable bonds is 6. The van der Waals surface area contributed by atoms with E-state index in [2.05, 4.69) is 10.6 Å². The van der Waals surface area contributed by atoms with Gasteiger partial charge in [0.15, 0.2) is 0 Å². The number of urea groups is 1. The molecule has 6 nitrogen and oxygen atoms in total. The standard InChI is InChI=1S/C9H15N3O3/c10-9(14)12-4-3-11-5-7-1-2-8(6-13)15-7/h1-2,11,13H,3-6H2,(H3,10,12,14). The van der Waals surface area contributed by atoms with Gasteiger partial charge in [-0.15, -0.1) is 0 Å². The van der Waals surface area contributed by atoms with E-state index in [4.69, 9.17) is 15.3 Å². The molecular weight excluding hydrogens is 198 g/mol. The normalized spacial score (nSPS) is 10.2. The second-order valence-electron chi connectivity index (χ2n) is 2.99. The molecule has 5 N–H and O–H groups in total. The third-order valence-corrected chi connectivity index (χ3v) is 1.77. The van der Waals surface area contributed by atoms with Gasteiger partial charge in [-0.25, -0.2) is 4.79 Å². The Morgan fingerprint density at radius 1 is 1.40 bits per heavy atom. The van der Waals surface area contributed by atoms with Crippen LogP contribution in [-0.4, -0.2) is 24.2 Å². The summed E-state index contributed by atoms with van der Waals surface area (Å²) in [5.74, 6) is 1.29. The lowest BCUT2D eigenvalue weighted by Gasteiger charge is -2.02. The van der Waals surface area contributed by atoms with Gasteiger partial charge in [-0.3, -0.25) is 0 Å². The Morgan fingerprint density at radius 2 is 2.13 bits per heavy atom. The first-order valence-corrected chi connectivity index (χ1v) is 4.65. The number of aliphatic hydroxyl groups is 1. The van der Waals surface area contributed by atoms with Gasteiger partial charge in [0, 0.05) is 13.1 Å². The minimum atomic E-state index is -0.530. The van der Waals surface area contributed by atoms with Crippen molar-refractivity contribution < 1.29 is 14.3 Å². The lowest BCUT2D eigenvalue weighted by Crippen LogP contribution is -2.35. The summed E-state index contributed by atoms with van der Waals surface area (Å²) < 4.78 is 5.24. The number of aliphatic hydroxyl groups excluding tert-OH is 1. The van der Waals surface area contributed by atoms with Crippen LogP contribution in [0, 0.1) is 0 Å². The second-order valence-corrected chi connectivity index (χ2v) is 2.99. The first-order chi connectivity index (χ1) is 7.22. The van der Waals surface area contributed by atoms with E-state index < -0.39 is 6.03 Å². The van der Waals surface area contributed by atoms with Gasteiger partial charge in [0.05, 0.1) is 6.54 Å². The fraction of sp³-hybridized carbons (Fsp3) is 0.444. The smallest absolute Gasteiger partial charge is 0.312 e. The maximum atomic E-state index is 10.3. The van der Waals surface area contributed by atoms with E-state index in [0.29, 0.717) is 25.4 Å². The second kappa shape index (κ2) is 6.05. The van der Waals surface area contributed by atoms with E-state index in [1.807, 2.05) is 0 Å². The molecule has 1 heterocycles. The largest absolute Gasteiger partial charge is 0.462 e. The fourth-order valence-electron chi connectivity index (χ4n) is 1.09. The van der Waals surface area contributed by atoms with Crippen LogP contribution in [0.2, 0.25) is 0 Å². The molecule has 15 heavy (non-hydrogen) atoms. The van der Waals surface area contributed by atoms with E-state index in [1.165, 1.54) is 0 Å². The topological polar surface area (TPSA) is 101 Å². The van der Waals surface area contributed by atoms with Gasteiger partial charge in [-0.2, -0.15) is 0 Å². The average Bonchev–Trinajstić information content (AvgIpc) is 2.65. The highest BCUT2D eigenvalue weighted by atomic mass is 16.4. The molecule has 0 aromatic carbocycles. The monoisotopic (exact) mass is 213 g/mol. The van der Waals surface area contributed by atoms with Gasteiger partial charge in [0.2, 0.25) is 0 Å². The molecule has 6 heteroatoms. The summed E-state index contributed by atoms with van der Waals surface area (Å²) in [6.07, 6.45) is 0. The van der Waals surface area contributed by atoms with Crippen molar-refractivity contribution >= 4 is 6.03 Å². The number of nitrogens with two attached hydrogens (primary N) is 1. The Labute approximate surface area is 87.4 Å². The minimum Gasteiger partial charge on any atom is -0.462 e. The molecule has 0 atom stereocenters. The Hall–Kier alpha value is -1.53. The van der Waals surface area contributed by atoms with Crippen LogP contribution in [-0.2, 0) is 13.2 Å². The van der Waals surface area contributed by atoms with Crippen LogP contribution in [0.3, 0.4) is 0 Å². The summed E-state index contributed by atoms with van der Waals surface area (Å²) in [5.41, 5.74) is 4.88. The maximum Gasteiger partial charge on any atom is 0.312 e. The van der Waals surface area contributed by atoms with Crippen molar-refractivity contribution in [3.8, 4) is 0 Å². The molecule has 0 aliphatic heterocycles. The average molecular weight is 213 g/mol. The number of nitrogens with one attached hydrogen (secondary N) is 2. The molecule has 0 unspecified atom stereocenters. The predicted molar refractivity (Wildman–Crippen MR) is 53.9 cm³/mol. The van der Waals surface area contributed by atoms with E-state index in [1.54, 1.807) is 12.1 Å². The van der Waals surface area contributed by atoms with Crippen LogP contribution in [0.25, 0.3) is 0 Å². The molecule has 0 radical (unpaired) electrons. The number of hydrogen-bond donors (Lipinski definition) is 4. The third-order valence-electron chi connectivity index (χ3n) is 1.77. The number of amides is 2. The number of hydrogen-bond acceptors (Lipinski definition) is 4. The highest BCUT2D eigenvalue weighted by molar-refractivity contribution is 5.71. The lowest BCUT2D eigenvalue weighted by molar-refractivity contribution is 0.242. The Bertz CT molecular complexity index is 311. The van der Waals surface area contributed by atoms with Crippen molar-refractivity contribution in [1.29, 1.82) is 0 Å². The quantitative estimate of drug-likeness (QED) is 0.480. The van der Waals surface area contributed by atoms with Crippen LogP contribution in [0.5, 0.6) is 0 Å². The van der Waals surface area contributed by atoms with Crippen molar-refractivity contribution in [2.24, 2.45) is 5.73 Å². The van der Waals surface area contributed by atoms with E-state index >= 15 is 0 Å². The van der Waals surface area contributed by atoms with Crippen molar-refractivity contribution in [2.45, 2.75) is 13.2 Å². The van der Waals surface area contributed by atoms with Gasteiger partial charge < -0.3 is 25.9 Å². The maximum absolute atomic E-state index is 10.3. The van der Waals surface area contributed by atoms with Gasteiger partial charge in [0.1, 0.15) is 18.1 Å². The van der Waals surface area contributed by atoms with Gasteiger partial charge in [0.25, 0.3) is 0 Å².